The first-order chi connectivity index (χ1) is 11.8. The van der Waals surface area contributed by atoms with Crippen LogP contribution in [0.5, 0.6) is 0 Å². The van der Waals surface area contributed by atoms with Gasteiger partial charge in [0.15, 0.2) is 0 Å². The van der Waals surface area contributed by atoms with Crippen LogP contribution in [0.1, 0.15) is 44.5 Å². The molecule has 0 amide bonds. The maximum atomic E-state index is 12.7. The third-order valence-corrected chi connectivity index (χ3v) is 6.59. The van der Waals surface area contributed by atoms with E-state index in [1.807, 2.05) is 12.2 Å². The molecule has 2 unspecified atom stereocenters. The minimum absolute atomic E-state index is 0.122. The Hall–Kier alpha value is -2.54. The molecule has 2 aliphatic heterocycles. The van der Waals surface area contributed by atoms with E-state index in [9.17, 15) is 4.79 Å². The van der Waals surface area contributed by atoms with Gasteiger partial charge in [0.2, 0.25) is 5.12 Å². The summed E-state index contributed by atoms with van der Waals surface area (Å²) in [5.41, 5.74) is 10.6. The molecule has 0 saturated heterocycles. The van der Waals surface area contributed by atoms with Crippen molar-refractivity contribution in [3.63, 3.8) is 0 Å². The van der Waals surface area contributed by atoms with Gasteiger partial charge in [0, 0.05) is 0 Å². The molecule has 3 aromatic rings. The fraction of sp³-hybridized carbons (Fsp3) is 0.0909. The topological polar surface area (TPSA) is 17.1 Å². The standard InChI is InChI=1S/C22H12OS/c23-22-20-16-8-12-4-1-2-5-13(12)10-18(16)21(24-22)19-11-15-7-3-6-14(15)9-17(19)20/h1-2,4-11,20-21H. The number of carbonyl (C=O) groups excluding carboxylic acids is 1. The van der Waals surface area contributed by atoms with Crippen LogP contribution in [0, 0.1) is 0 Å². The first kappa shape index (κ1) is 12.8. The highest BCUT2D eigenvalue weighted by molar-refractivity contribution is 8.14. The van der Waals surface area contributed by atoms with Crippen molar-refractivity contribution in [2.75, 3.05) is 0 Å². The Labute approximate surface area is 143 Å². The van der Waals surface area contributed by atoms with Gasteiger partial charge in [-0.05, 0) is 80.6 Å². The molecule has 3 aromatic carbocycles. The van der Waals surface area contributed by atoms with Crippen LogP contribution in [0.25, 0.3) is 22.9 Å². The largest absolute Gasteiger partial charge is 0.286 e. The lowest BCUT2D eigenvalue weighted by Gasteiger charge is -2.39. The summed E-state index contributed by atoms with van der Waals surface area (Å²) in [4.78, 5) is 12.7. The van der Waals surface area contributed by atoms with Gasteiger partial charge in [-0.15, -0.1) is 5.73 Å². The molecule has 1 nitrogen and oxygen atoms in total. The van der Waals surface area contributed by atoms with Gasteiger partial charge in [-0.25, -0.2) is 0 Å². The Morgan fingerprint density at radius 3 is 2.12 bits per heavy atom. The van der Waals surface area contributed by atoms with Gasteiger partial charge in [0.05, 0.1) is 11.2 Å². The minimum Gasteiger partial charge on any atom is -0.286 e. The summed E-state index contributed by atoms with van der Waals surface area (Å²) < 4.78 is 0. The van der Waals surface area contributed by atoms with Crippen LogP contribution in [-0.4, -0.2) is 5.12 Å². The zero-order chi connectivity index (χ0) is 15.8. The second-order valence-electron chi connectivity index (χ2n) is 6.64. The van der Waals surface area contributed by atoms with Gasteiger partial charge in [0.25, 0.3) is 0 Å². The van der Waals surface area contributed by atoms with Crippen LogP contribution < -0.4 is 0 Å². The highest BCUT2D eigenvalue weighted by Gasteiger charge is 2.44. The van der Waals surface area contributed by atoms with Crippen molar-refractivity contribution in [3.8, 4) is 0 Å². The Kier molecular flexibility index (Phi) is 2.30. The van der Waals surface area contributed by atoms with Crippen molar-refractivity contribution in [2.45, 2.75) is 11.2 Å². The number of hydrogen-bond acceptors (Lipinski definition) is 2. The predicted octanol–water partition coefficient (Wildman–Crippen LogP) is 5.29. The van der Waals surface area contributed by atoms with E-state index in [-0.39, 0.29) is 16.3 Å². The van der Waals surface area contributed by atoms with Crippen molar-refractivity contribution in [3.05, 3.63) is 87.6 Å². The summed E-state index contributed by atoms with van der Waals surface area (Å²) in [7, 11) is 0. The molecule has 0 aromatic heterocycles. The molecule has 0 spiro atoms. The number of rotatable bonds is 0. The van der Waals surface area contributed by atoms with Gasteiger partial charge in [-0.3, -0.25) is 4.79 Å². The first-order valence-electron chi connectivity index (χ1n) is 8.13. The Bertz CT molecular complexity index is 1150. The summed E-state index contributed by atoms with van der Waals surface area (Å²) in [6.07, 6.45) is 4.04. The lowest BCUT2D eigenvalue weighted by atomic mass is 9.75. The van der Waals surface area contributed by atoms with Crippen molar-refractivity contribution in [1.29, 1.82) is 0 Å². The Morgan fingerprint density at radius 1 is 0.792 bits per heavy atom. The quantitative estimate of drug-likeness (QED) is 0.409. The van der Waals surface area contributed by atoms with Crippen molar-refractivity contribution in [2.24, 2.45) is 0 Å². The molecule has 2 heterocycles. The molecule has 7 rings (SSSR count). The molecular formula is C22H12OS. The van der Waals surface area contributed by atoms with E-state index >= 15 is 0 Å². The first-order valence-corrected chi connectivity index (χ1v) is 9.01. The molecule has 112 valence electrons. The number of benzene rings is 3. The SMILES string of the molecule is O=C1SC2c3cc4c(cc3C1c1cc3ccccc3cc12)C=C=C4. The van der Waals surface area contributed by atoms with Crippen LogP contribution in [0.3, 0.4) is 0 Å². The van der Waals surface area contributed by atoms with E-state index in [2.05, 4.69) is 54.3 Å². The normalized spacial score (nSPS) is 21.9. The molecule has 2 aliphatic carbocycles. The fourth-order valence-electron chi connectivity index (χ4n) is 4.27. The highest BCUT2D eigenvalue weighted by Crippen LogP contribution is 2.57. The second kappa shape index (κ2) is 4.30. The number of fused-ring (bicyclic) bond motifs is 3. The number of hydrogen-bond donors (Lipinski definition) is 0. The lowest BCUT2D eigenvalue weighted by Crippen LogP contribution is -2.28. The van der Waals surface area contributed by atoms with E-state index in [1.54, 1.807) is 0 Å². The van der Waals surface area contributed by atoms with Crippen LogP contribution in [0.15, 0.2) is 54.3 Å². The molecule has 0 N–H and O–H groups in total. The molecule has 0 radical (unpaired) electrons. The van der Waals surface area contributed by atoms with Crippen molar-refractivity contribution < 1.29 is 4.79 Å². The lowest BCUT2D eigenvalue weighted by molar-refractivity contribution is -0.111. The molecular weight excluding hydrogens is 312 g/mol. The molecule has 4 aliphatic rings. The smallest absolute Gasteiger partial charge is 0.201 e. The van der Waals surface area contributed by atoms with E-state index in [4.69, 9.17) is 0 Å². The summed E-state index contributed by atoms with van der Waals surface area (Å²) >= 11 is 1.49. The monoisotopic (exact) mass is 324 g/mol. The van der Waals surface area contributed by atoms with Gasteiger partial charge < -0.3 is 0 Å². The molecule has 2 atom stereocenters. The Morgan fingerprint density at radius 2 is 1.38 bits per heavy atom. The van der Waals surface area contributed by atoms with Crippen molar-refractivity contribution in [1.82, 2.24) is 0 Å². The molecule has 2 heteroatoms. The van der Waals surface area contributed by atoms with Crippen LogP contribution >= 0.6 is 11.8 Å². The van der Waals surface area contributed by atoms with Gasteiger partial charge in [-0.2, -0.15) is 0 Å². The molecule has 2 bridgehead atoms. The molecule has 0 saturated carbocycles. The fourth-order valence-corrected chi connectivity index (χ4v) is 5.55. The van der Waals surface area contributed by atoms with Crippen LogP contribution in [-0.2, 0) is 4.79 Å². The third kappa shape index (κ3) is 1.50. The number of carbonyl (C=O) groups is 1. The number of thioether (sulfide) groups is 1. The van der Waals surface area contributed by atoms with E-state index in [0.717, 1.165) is 0 Å². The van der Waals surface area contributed by atoms with E-state index in [1.165, 1.54) is 55.9 Å². The van der Waals surface area contributed by atoms with Crippen LogP contribution in [0.2, 0.25) is 0 Å². The summed E-state index contributed by atoms with van der Waals surface area (Å²) in [5.74, 6) is -0.131. The predicted molar refractivity (Wildman–Crippen MR) is 99.1 cm³/mol. The van der Waals surface area contributed by atoms with Gasteiger partial charge in [0.1, 0.15) is 0 Å². The van der Waals surface area contributed by atoms with E-state index in [0.29, 0.717) is 0 Å². The second-order valence-corrected chi connectivity index (χ2v) is 7.75. The van der Waals surface area contributed by atoms with E-state index < -0.39 is 0 Å². The average Bonchev–Trinajstić information content (AvgIpc) is 3.06. The zero-order valence-corrected chi connectivity index (χ0v) is 13.6. The summed E-state index contributed by atoms with van der Waals surface area (Å²) in [5, 5.41) is 2.87. The van der Waals surface area contributed by atoms with Crippen molar-refractivity contribution >= 4 is 39.8 Å². The van der Waals surface area contributed by atoms with Gasteiger partial charge >= 0.3 is 0 Å². The minimum atomic E-state index is -0.131. The maximum Gasteiger partial charge on any atom is 0.201 e. The third-order valence-electron chi connectivity index (χ3n) is 5.37. The zero-order valence-electron chi connectivity index (χ0n) is 12.7. The highest BCUT2D eigenvalue weighted by atomic mass is 32.2. The van der Waals surface area contributed by atoms with Gasteiger partial charge in [-0.1, -0.05) is 36.0 Å². The maximum absolute atomic E-state index is 12.7. The molecule has 24 heavy (non-hydrogen) atoms. The average molecular weight is 324 g/mol. The summed E-state index contributed by atoms with van der Waals surface area (Å²) in [6, 6.07) is 17.4. The molecule has 0 fully saturated rings. The van der Waals surface area contributed by atoms with Crippen LogP contribution in [0.4, 0.5) is 0 Å². The Balaban J connectivity index is 1.69. The summed E-state index contributed by atoms with van der Waals surface area (Å²) in [6.45, 7) is 0.